The van der Waals surface area contributed by atoms with Gasteiger partial charge in [0.1, 0.15) is 0 Å². The third-order valence-electron chi connectivity index (χ3n) is 2.53. The summed E-state index contributed by atoms with van der Waals surface area (Å²) in [6, 6.07) is 0.649. The van der Waals surface area contributed by atoms with Crippen LogP contribution in [-0.2, 0) is 4.74 Å². The molecule has 72 valence electrons. The van der Waals surface area contributed by atoms with Crippen LogP contribution in [0.4, 0.5) is 0 Å². The predicted molar refractivity (Wildman–Crippen MR) is 50.4 cm³/mol. The van der Waals surface area contributed by atoms with Crippen molar-refractivity contribution in [1.29, 1.82) is 0 Å². The fourth-order valence-corrected chi connectivity index (χ4v) is 1.56. The van der Waals surface area contributed by atoms with Crippen molar-refractivity contribution in [2.24, 2.45) is 0 Å². The number of ether oxygens (including phenoxy) is 1. The molecule has 0 saturated carbocycles. The van der Waals surface area contributed by atoms with Crippen molar-refractivity contribution in [2.45, 2.75) is 26.0 Å². The Morgan fingerprint density at radius 1 is 1.67 bits per heavy atom. The Morgan fingerprint density at radius 3 is 3.00 bits per heavy atom. The van der Waals surface area contributed by atoms with Gasteiger partial charge in [0.05, 0.1) is 6.10 Å². The lowest BCUT2D eigenvalue weighted by Gasteiger charge is -2.35. The van der Waals surface area contributed by atoms with Crippen molar-refractivity contribution in [3.8, 4) is 0 Å². The van der Waals surface area contributed by atoms with Gasteiger partial charge in [-0.2, -0.15) is 0 Å². The molecule has 0 aromatic carbocycles. The monoisotopic (exact) mass is 172 g/mol. The van der Waals surface area contributed by atoms with E-state index in [-0.39, 0.29) is 0 Å². The predicted octanol–water partition coefficient (Wildman–Crippen LogP) is 0.315. The Bertz CT molecular complexity index is 130. The van der Waals surface area contributed by atoms with Crippen LogP contribution in [-0.4, -0.2) is 50.3 Å². The van der Waals surface area contributed by atoms with Crippen LogP contribution in [0.5, 0.6) is 0 Å². The molecular weight excluding hydrogens is 152 g/mol. The van der Waals surface area contributed by atoms with Crippen LogP contribution < -0.4 is 5.32 Å². The first kappa shape index (κ1) is 9.96. The zero-order valence-corrected chi connectivity index (χ0v) is 8.34. The van der Waals surface area contributed by atoms with E-state index >= 15 is 0 Å². The van der Waals surface area contributed by atoms with Gasteiger partial charge >= 0.3 is 0 Å². The molecule has 1 aliphatic rings. The summed E-state index contributed by atoms with van der Waals surface area (Å²) in [6.07, 6.45) is 0.352. The largest absolute Gasteiger partial charge is 0.380 e. The molecule has 0 radical (unpaired) electrons. The Balaban J connectivity index is 2.28. The van der Waals surface area contributed by atoms with E-state index in [0.29, 0.717) is 12.1 Å². The van der Waals surface area contributed by atoms with Gasteiger partial charge in [-0.1, -0.05) is 0 Å². The normalized spacial score (nSPS) is 28.8. The lowest BCUT2D eigenvalue weighted by molar-refractivity contribution is 0.0550. The summed E-state index contributed by atoms with van der Waals surface area (Å²) in [6.45, 7) is 8.80. The van der Waals surface area contributed by atoms with E-state index in [1.54, 1.807) is 7.11 Å². The smallest absolute Gasteiger partial charge is 0.0670 e. The highest BCUT2D eigenvalue weighted by molar-refractivity contribution is 4.77. The Hall–Kier alpha value is -0.120. The maximum Gasteiger partial charge on any atom is 0.0670 e. The minimum Gasteiger partial charge on any atom is -0.380 e. The fourth-order valence-electron chi connectivity index (χ4n) is 1.56. The molecule has 2 atom stereocenters. The minimum atomic E-state index is 0.352. The van der Waals surface area contributed by atoms with Gasteiger partial charge in [-0.3, -0.25) is 4.90 Å². The second kappa shape index (κ2) is 4.80. The van der Waals surface area contributed by atoms with Gasteiger partial charge < -0.3 is 10.1 Å². The van der Waals surface area contributed by atoms with Crippen molar-refractivity contribution < 1.29 is 4.74 Å². The molecule has 1 unspecified atom stereocenters. The number of rotatable bonds is 3. The van der Waals surface area contributed by atoms with Crippen molar-refractivity contribution in [1.82, 2.24) is 10.2 Å². The quantitative estimate of drug-likeness (QED) is 0.663. The van der Waals surface area contributed by atoms with Crippen LogP contribution in [0.1, 0.15) is 13.8 Å². The highest BCUT2D eigenvalue weighted by atomic mass is 16.5. The number of hydrogen-bond acceptors (Lipinski definition) is 3. The zero-order valence-electron chi connectivity index (χ0n) is 8.34. The molecule has 0 amide bonds. The Labute approximate surface area is 75.1 Å². The maximum atomic E-state index is 5.24. The molecular formula is C9H20N2O. The summed E-state index contributed by atoms with van der Waals surface area (Å²) in [5.74, 6) is 0. The van der Waals surface area contributed by atoms with Gasteiger partial charge in [0.15, 0.2) is 0 Å². The third kappa shape index (κ3) is 2.73. The lowest BCUT2D eigenvalue weighted by atomic mass is 10.2. The summed E-state index contributed by atoms with van der Waals surface area (Å²) < 4.78 is 5.24. The van der Waals surface area contributed by atoms with E-state index in [1.807, 2.05) is 0 Å². The van der Waals surface area contributed by atoms with Gasteiger partial charge in [-0.05, 0) is 13.8 Å². The SMILES string of the molecule is COC(C)CN1CCNC[C@H]1C. The third-order valence-corrected chi connectivity index (χ3v) is 2.53. The molecule has 0 bridgehead atoms. The molecule has 3 nitrogen and oxygen atoms in total. The second-order valence-electron chi connectivity index (χ2n) is 3.59. The molecule has 1 aliphatic heterocycles. The maximum absolute atomic E-state index is 5.24. The average Bonchev–Trinajstić information content (AvgIpc) is 2.09. The zero-order chi connectivity index (χ0) is 8.97. The molecule has 0 aromatic rings. The Morgan fingerprint density at radius 2 is 2.42 bits per heavy atom. The van der Waals surface area contributed by atoms with Crippen molar-refractivity contribution in [3.63, 3.8) is 0 Å². The molecule has 1 heterocycles. The summed E-state index contributed by atoms with van der Waals surface area (Å²) in [7, 11) is 1.78. The second-order valence-corrected chi connectivity index (χ2v) is 3.59. The van der Waals surface area contributed by atoms with Gasteiger partial charge in [-0.15, -0.1) is 0 Å². The number of methoxy groups -OCH3 is 1. The molecule has 1 fully saturated rings. The van der Waals surface area contributed by atoms with Crippen LogP contribution in [0, 0.1) is 0 Å². The topological polar surface area (TPSA) is 24.5 Å². The summed E-state index contributed by atoms with van der Waals surface area (Å²) in [4.78, 5) is 2.48. The molecule has 1 saturated heterocycles. The molecule has 0 spiro atoms. The minimum absolute atomic E-state index is 0.352. The van der Waals surface area contributed by atoms with Crippen LogP contribution in [0.15, 0.2) is 0 Å². The van der Waals surface area contributed by atoms with E-state index in [4.69, 9.17) is 4.74 Å². The molecule has 3 heteroatoms. The molecule has 0 aliphatic carbocycles. The lowest BCUT2D eigenvalue weighted by Crippen LogP contribution is -2.51. The van der Waals surface area contributed by atoms with E-state index in [2.05, 4.69) is 24.1 Å². The van der Waals surface area contributed by atoms with Gasteiger partial charge in [0.25, 0.3) is 0 Å². The summed E-state index contributed by atoms with van der Waals surface area (Å²) in [5.41, 5.74) is 0. The molecule has 1 rings (SSSR count). The van der Waals surface area contributed by atoms with E-state index in [9.17, 15) is 0 Å². The highest BCUT2D eigenvalue weighted by Gasteiger charge is 2.18. The number of piperazine rings is 1. The van der Waals surface area contributed by atoms with Crippen molar-refractivity contribution in [3.05, 3.63) is 0 Å². The molecule has 0 aromatic heterocycles. The first-order chi connectivity index (χ1) is 5.74. The van der Waals surface area contributed by atoms with Crippen LogP contribution in [0.2, 0.25) is 0 Å². The molecule has 1 N–H and O–H groups in total. The number of nitrogens with one attached hydrogen (secondary N) is 1. The standard InChI is InChI=1S/C9H20N2O/c1-8-6-10-4-5-11(8)7-9(2)12-3/h8-10H,4-7H2,1-3H3/t8-,9?/m1/s1. The number of hydrogen-bond donors (Lipinski definition) is 1. The fraction of sp³-hybridized carbons (Fsp3) is 1.00. The van der Waals surface area contributed by atoms with E-state index in [0.717, 1.165) is 26.2 Å². The average molecular weight is 172 g/mol. The van der Waals surface area contributed by atoms with Crippen LogP contribution >= 0.6 is 0 Å². The van der Waals surface area contributed by atoms with E-state index in [1.165, 1.54) is 0 Å². The van der Waals surface area contributed by atoms with Gasteiger partial charge in [0, 0.05) is 39.3 Å². The number of nitrogens with zero attached hydrogens (tertiary/aromatic N) is 1. The van der Waals surface area contributed by atoms with Crippen LogP contribution in [0.3, 0.4) is 0 Å². The highest BCUT2D eigenvalue weighted by Crippen LogP contribution is 2.04. The molecule has 12 heavy (non-hydrogen) atoms. The Kier molecular flexibility index (Phi) is 3.98. The first-order valence-corrected chi connectivity index (χ1v) is 4.71. The van der Waals surface area contributed by atoms with Gasteiger partial charge in [0.2, 0.25) is 0 Å². The van der Waals surface area contributed by atoms with Gasteiger partial charge in [-0.25, -0.2) is 0 Å². The van der Waals surface area contributed by atoms with E-state index < -0.39 is 0 Å². The summed E-state index contributed by atoms with van der Waals surface area (Å²) in [5, 5.41) is 3.37. The van der Waals surface area contributed by atoms with Crippen LogP contribution in [0.25, 0.3) is 0 Å². The summed E-state index contributed by atoms with van der Waals surface area (Å²) >= 11 is 0. The van der Waals surface area contributed by atoms with Crippen molar-refractivity contribution in [2.75, 3.05) is 33.3 Å². The first-order valence-electron chi connectivity index (χ1n) is 4.71. The van der Waals surface area contributed by atoms with Crippen molar-refractivity contribution >= 4 is 0 Å².